The molecule has 0 aliphatic heterocycles. The highest BCUT2D eigenvalue weighted by Crippen LogP contribution is 2.30. The van der Waals surface area contributed by atoms with Crippen molar-refractivity contribution in [3.05, 3.63) is 41.9 Å². The second-order valence-electron chi connectivity index (χ2n) is 3.97. The summed E-state index contributed by atoms with van der Waals surface area (Å²) in [6.45, 7) is 1.89. The molecule has 1 atom stereocenters. The number of rotatable bonds is 5. The van der Waals surface area contributed by atoms with E-state index in [-0.39, 0.29) is 12.5 Å². The van der Waals surface area contributed by atoms with Crippen molar-refractivity contribution in [2.45, 2.75) is 19.4 Å². The molecule has 18 heavy (non-hydrogen) atoms. The first-order chi connectivity index (χ1) is 8.68. The average Bonchev–Trinajstić information content (AvgIpc) is 2.83. The molecule has 0 bridgehead atoms. The first kappa shape index (κ1) is 12.6. The lowest BCUT2D eigenvalue weighted by Gasteiger charge is -2.27. The van der Waals surface area contributed by atoms with E-state index in [0.29, 0.717) is 0 Å². The first-order valence-electron chi connectivity index (χ1n) is 5.64. The maximum atomic E-state index is 10.9. The molecule has 1 heterocycles. The van der Waals surface area contributed by atoms with Gasteiger partial charge < -0.3 is 10.0 Å². The maximum Gasteiger partial charge on any atom is 0.305 e. The highest BCUT2D eigenvalue weighted by atomic mass is 32.1. The SMILES string of the molecule is CC(CC(=O)O)N(c1ccccc1)c1nccs1. The molecule has 1 N–H and O–H groups in total. The molecule has 0 radical (unpaired) electrons. The smallest absolute Gasteiger partial charge is 0.305 e. The number of nitrogens with zero attached hydrogens (tertiary/aromatic N) is 2. The topological polar surface area (TPSA) is 53.4 Å². The van der Waals surface area contributed by atoms with Crippen LogP contribution in [0.5, 0.6) is 0 Å². The molecule has 2 aromatic rings. The molecule has 2 rings (SSSR count). The molecule has 5 heteroatoms. The summed E-state index contributed by atoms with van der Waals surface area (Å²) < 4.78 is 0. The minimum Gasteiger partial charge on any atom is -0.481 e. The Hall–Kier alpha value is -1.88. The molecule has 0 fully saturated rings. The highest BCUT2D eigenvalue weighted by molar-refractivity contribution is 7.13. The van der Waals surface area contributed by atoms with Crippen LogP contribution in [0.15, 0.2) is 41.9 Å². The van der Waals surface area contributed by atoms with Gasteiger partial charge in [0, 0.05) is 23.3 Å². The zero-order valence-corrected chi connectivity index (χ0v) is 10.8. The van der Waals surface area contributed by atoms with Gasteiger partial charge in [-0.25, -0.2) is 4.98 Å². The summed E-state index contributed by atoms with van der Waals surface area (Å²) in [6, 6.07) is 9.58. The van der Waals surface area contributed by atoms with E-state index in [9.17, 15) is 4.79 Å². The van der Waals surface area contributed by atoms with Gasteiger partial charge in [0.1, 0.15) is 0 Å². The number of aliphatic carboxylic acids is 1. The third-order valence-corrected chi connectivity index (χ3v) is 3.34. The summed E-state index contributed by atoms with van der Waals surface area (Å²) in [6.07, 6.45) is 1.80. The lowest BCUT2D eigenvalue weighted by molar-refractivity contribution is -0.137. The molecule has 0 amide bonds. The fourth-order valence-corrected chi connectivity index (χ4v) is 2.59. The predicted octanol–water partition coefficient (Wildman–Crippen LogP) is 3.14. The van der Waals surface area contributed by atoms with Crippen molar-refractivity contribution in [1.29, 1.82) is 0 Å². The van der Waals surface area contributed by atoms with Crippen molar-refractivity contribution in [1.82, 2.24) is 4.98 Å². The number of para-hydroxylation sites is 1. The number of carboxylic acids is 1. The van der Waals surface area contributed by atoms with Gasteiger partial charge in [0.25, 0.3) is 0 Å². The predicted molar refractivity (Wildman–Crippen MR) is 72.4 cm³/mol. The third-order valence-electron chi connectivity index (χ3n) is 2.57. The maximum absolute atomic E-state index is 10.9. The molecule has 0 saturated carbocycles. The minimum absolute atomic E-state index is 0.0779. The van der Waals surface area contributed by atoms with Gasteiger partial charge >= 0.3 is 5.97 Å². The van der Waals surface area contributed by atoms with Gasteiger partial charge in [-0.05, 0) is 19.1 Å². The molecule has 1 aromatic carbocycles. The minimum atomic E-state index is -0.806. The number of carboxylic acid groups (broad SMARTS) is 1. The van der Waals surface area contributed by atoms with Crippen molar-refractivity contribution in [2.75, 3.05) is 4.90 Å². The van der Waals surface area contributed by atoms with Gasteiger partial charge in [-0.2, -0.15) is 0 Å². The number of carbonyl (C=O) groups is 1. The van der Waals surface area contributed by atoms with Gasteiger partial charge in [0.05, 0.1) is 6.42 Å². The van der Waals surface area contributed by atoms with E-state index in [4.69, 9.17) is 5.11 Å². The number of benzene rings is 1. The highest BCUT2D eigenvalue weighted by Gasteiger charge is 2.20. The fourth-order valence-electron chi connectivity index (χ4n) is 1.82. The average molecular weight is 262 g/mol. The molecule has 94 valence electrons. The first-order valence-corrected chi connectivity index (χ1v) is 6.52. The summed E-state index contributed by atoms with van der Waals surface area (Å²) in [4.78, 5) is 17.1. The molecular weight excluding hydrogens is 248 g/mol. The molecule has 1 aromatic heterocycles. The zero-order valence-electron chi connectivity index (χ0n) is 9.98. The molecule has 0 saturated heterocycles. The number of aromatic nitrogens is 1. The lowest BCUT2D eigenvalue weighted by atomic mass is 10.2. The van der Waals surface area contributed by atoms with E-state index in [1.54, 1.807) is 6.20 Å². The number of thiazole rings is 1. The van der Waals surface area contributed by atoms with Crippen molar-refractivity contribution in [3.8, 4) is 0 Å². The van der Waals surface area contributed by atoms with Crippen molar-refractivity contribution >= 4 is 28.1 Å². The molecule has 0 aliphatic rings. The second-order valence-corrected chi connectivity index (χ2v) is 4.84. The lowest BCUT2D eigenvalue weighted by Crippen LogP contribution is -2.30. The molecule has 0 spiro atoms. The number of hydrogen-bond acceptors (Lipinski definition) is 4. The Morgan fingerprint density at radius 3 is 2.72 bits per heavy atom. The largest absolute Gasteiger partial charge is 0.481 e. The van der Waals surface area contributed by atoms with Crippen LogP contribution in [-0.4, -0.2) is 22.1 Å². The van der Waals surface area contributed by atoms with Crippen LogP contribution >= 0.6 is 11.3 Å². The van der Waals surface area contributed by atoms with Gasteiger partial charge in [0.2, 0.25) is 0 Å². The Balaban J connectivity index is 2.32. The van der Waals surface area contributed by atoms with Crippen molar-refractivity contribution in [3.63, 3.8) is 0 Å². The Kier molecular flexibility index (Phi) is 3.94. The van der Waals surface area contributed by atoms with E-state index < -0.39 is 5.97 Å². The van der Waals surface area contributed by atoms with Crippen molar-refractivity contribution in [2.24, 2.45) is 0 Å². The van der Waals surface area contributed by atoms with Crippen molar-refractivity contribution < 1.29 is 9.90 Å². The van der Waals surface area contributed by atoms with Crippen LogP contribution in [0, 0.1) is 0 Å². The van der Waals surface area contributed by atoms with Crippen LogP contribution in [0.25, 0.3) is 0 Å². The molecular formula is C13H14N2O2S. The summed E-state index contributed by atoms with van der Waals surface area (Å²) in [5.41, 5.74) is 0.959. The molecule has 4 nitrogen and oxygen atoms in total. The van der Waals surface area contributed by atoms with Crippen LogP contribution < -0.4 is 4.90 Å². The third kappa shape index (κ3) is 2.87. The number of hydrogen-bond donors (Lipinski definition) is 1. The van der Waals surface area contributed by atoms with Gasteiger partial charge in [-0.15, -0.1) is 11.3 Å². The normalized spacial score (nSPS) is 12.1. The molecule has 0 aliphatic carbocycles. The van der Waals surface area contributed by atoms with E-state index in [0.717, 1.165) is 10.8 Å². The quantitative estimate of drug-likeness (QED) is 0.899. The van der Waals surface area contributed by atoms with Gasteiger partial charge in [-0.1, -0.05) is 18.2 Å². The standard InChI is InChI=1S/C13H14N2O2S/c1-10(9-12(16)17)15(13-14-7-8-18-13)11-5-3-2-4-6-11/h2-8,10H,9H2,1H3,(H,16,17). The summed E-state index contributed by atoms with van der Waals surface area (Å²) in [5.74, 6) is -0.806. The van der Waals surface area contributed by atoms with E-state index in [1.807, 2.05) is 47.5 Å². The van der Waals surface area contributed by atoms with Gasteiger partial charge in [0.15, 0.2) is 5.13 Å². The Labute approximate surface area is 110 Å². The second kappa shape index (κ2) is 5.64. The summed E-state index contributed by atoms with van der Waals surface area (Å²) in [7, 11) is 0. The number of anilines is 2. The van der Waals surface area contributed by atoms with E-state index in [2.05, 4.69) is 4.98 Å². The van der Waals surface area contributed by atoms with Crippen LogP contribution in [0.2, 0.25) is 0 Å². The van der Waals surface area contributed by atoms with Crippen LogP contribution in [0.1, 0.15) is 13.3 Å². The Morgan fingerprint density at radius 1 is 1.44 bits per heavy atom. The van der Waals surface area contributed by atoms with Gasteiger partial charge in [-0.3, -0.25) is 4.79 Å². The van der Waals surface area contributed by atoms with Crippen LogP contribution in [0.3, 0.4) is 0 Å². The van der Waals surface area contributed by atoms with Crippen LogP contribution in [-0.2, 0) is 4.79 Å². The van der Waals surface area contributed by atoms with E-state index >= 15 is 0 Å². The van der Waals surface area contributed by atoms with Crippen LogP contribution in [0.4, 0.5) is 10.8 Å². The summed E-state index contributed by atoms with van der Waals surface area (Å²) in [5, 5.41) is 11.6. The Morgan fingerprint density at radius 2 is 2.17 bits per heavy atom. The monoisotopic (exact) mass is 262 g/mol. The fraction of sp³-hybridized carbons (Fsp3) is 0.231. The van der Waals surface area contributed by atoms with E-state index in [1.165, 1.54) is 11.3 Å². The zero-order chi connectivity index (χ0) is 13.0. The molecule has 1 unspecified atom stereocenters. The summed E-state index contributed by atoms with van der Waals surface area (Å²) >= 11 is 1.50. The Bertz CT molecular complexity index is 499.